The molecule has 0 saturated heterocycles. The molecule has 0 spiro atoms. The highest BCUT2D eigenvalue weighted by Crippen LogP contribution is 2.28. The molecule has 5 heteroatoms. The minimum absolute atomic E-state index is 0.110. The van der Waals surface area contributed by atoms with E-state index in [1.807, 2.05) is 52.7 Å². The Labute approximate surface area is 150 Å². The first-order valence-corrected chi connectivity index (χ1v) is 9.22. The summed E-state index contributed by atoms with van der Waals surface area (Å²) in [7, 11) is 0. The topological polar surface area (TPSA) is 42.7 Å². The summed E-state index contributed by atoms with van der Waals surface area (Å²) in [5, 5.41) is 2.03. The molecule has 1 aliphatic rings. The average Bonchev–Trinajstić information content (AvgIpc) is 3.34. The molecule has 4 rings (SSSR count). The zero-order valence-corrected chi connectivity index (χ0v) is 14.6. The summed E-state index contributed by atoms with van der Waals surface area (Å²) in [6.07, 6.45) is 2.36. The Balaban J connectivity index is 1.53. The van der Waals surface area contributed by atoms with Crippen LogP contribution in [0.1, 0.15) is 16.2 Å². The van der Waals surface area contributed by atoms with Gasteiger partial charge in [-0.05, 0) is 41.6 Å². The van der Waals surface area contributed by atoms with E-state index in [9.17, 15) is 4.79 Å². The van der Waals surface area contributed by atoms with Crippen molar-refractivity contribution in [1.29, 1.82) is 0 Å². The largest absolute Gasteiger partial charge is 0.492 e. The van der Waals surface area contributed by atoms with Gasteiger partial charge in [0.1, 0.15) is 18.1 Å². The molecule has 0 saturated carbocycles. The van der Waals surface area contributed by atoms with Crippen LogP contribution in [0.25, 0.3) is 0 Å². The van der Waals surface area contributed by atoms with Crippen molar-refractivity contribution >= 4 is 17.2 Å². The van der Waals surface area contributed by atoms with Crippen molar-refractivity contribution in [3.8, 4) is 5.75 Å². The minimum atomic E-state index is -0.162. The molecule has 1 aromatic carbocycles. The number of furan rings is 1. The number of hydrogen-bond acceptors (Lipinski definition) is 4. The summed E-state index contributed by atoms with van der Waals surface area (Å²) in [6, 6.07) is 15.8. The van der Waals surface area contributed by atoms with Crippen molar-refractivity contribution in [2.75, 3.05) is 6.61 Å². The molecule has 0 fully saturated rings. The average molecular weight is 353 g/mol. The minimum Gasteiger partial charge on any atom is -0.492 e. The van der Waals surface area contributed by atoms with Gasteiger partial charge in [0.25, 0.3) is 0 Å². The van der Waals surface area contributed by atoms with Gasteiger partial charge in [-0.3, -0.25) is 4.79 Å². The van der Waals surface area contributed by atoms with Crippen LogP contribution in [0.5, 0.6) is 5.75 Å². The quantitative estimate of drug-likeness (QED) is 0.693. The van der Waals surface area contributed by atoms with Gasteiger partial charge < -0.3 is 14.1 Å². The zero-order valence-electron chi connectivity index (χ0n) is 13.8. The fourth-order valence-corrected chi connectivity index (χ4v) is 3.86. The lowest BCUT2D eigenvalue weighted by molar-refractivity contribution is -0.138. The van der Waals surface area contributed by atoms with Gasteiger partial charge in [-0.2, -0.15) is 0 Å². The number of nitrogens with zero attached hydrogens (tertiary/aromatic N) is 1. The smallest absolute Gasteiger partial charge is 0.230 e. The second-order valence-corrected chi connectivity index (χ2v) is 7.21. The van der Waals surface area contributed by atoms with Crippen LogP contribution in [0.3, 0.4) is 0 Å². The van der Waals surface area contributed by atoms with Gasteiger partial charge in [-0.15, -0.1) is 11.3 Å². The van der Waals surface area contributed by atoms with Gasteiger partial charge in [0, 0.05) is 4.88 Å². The number of fused-ring (bicyclic) bond motifs is 1. The Morgan fingerprint density at radius 1 is 1.12 bits per heavy atom. The Morgan fingerprint density at radius 3 is 2.84 bits per heavy atom. The summed E-state index contributed by atoms with van der Waals surface area (Å²) in [4.78, 5) is 16.2. The lowest BCUT2D eigenvalue weighted by Crippen LogP contribution is -2.40. The van der Waals surface area contributed by atoms with E-state index in [1.165, 1.54) is 0 Å². The number of amides is 1. The van der Waals surface area contributed by atoms with Crippen LogP contribution in [0, 0.1) is 5.92 Å². The fraction of sp³-hybridized carbons (Fsp3) is 0.250. The van der Waals surface area contributed by atoms with E-state index in [4.69, 9.17) is 9.15 Å². The Hall–Kier alpha value is -2.53. The first-order chi connectivity index (χ1) is 12.3. The predicted octanol–water partition coefficient (Wildman–Crippen LogP) is 4.12. The SMILES string of the molecule is O=C(C1COc2ccccc2C1)N(Cc1ccco1)Cc1cccs1. The van der Waals surface area contributed by atoms with Crippen molar-refractivity contribution in [1.82, 2.24) is 4.90 Å². The van der Waals surface area contributed by atoms with Crippen molar-refractivity contribution in [2.45, 2.75) is 19.5 Å². The first-order valence-electron chi connectivity index (χ1n) is 8.34. The maximum Gasteiger partial charge on any atom is 0.230 e. The molecule has 1 amide bonds. The number of hydrogen-bond donors (Lipinski definition) is 0. The number of carbonyl (C=O) groups is 1. The molecule has 2 aromatic heterocycles. The molecule has 1 atom stereocenters. The highest BCUT2D eigenvalue weighted by molar-refractivity contribution is 7.09. The lowest BCUT2D eigenvalue weighted by Gasteiger charge is -2.30. The predicted molar refractivity (Wildman–Crippen MR) is 96.4 cm³/mol. The number of para-hydroxylation sites is 1. The molecule has 3 heterocycles. The first kappa shape index (κ1) is 16.0. The van der Waals surface area contributed by atoms with Crippen molar-refractivity contribution in [3.63, 3.8) is 0 Å². The Morgan fingerprint density at radius 2 is 2.04 bits per heavy atom. The molecule has 0 radical (unpaired) electrons. The van der Waals surface area contributed by atoms with Crippen molar-refractivity contribution in [3.05, 3.63) is 76.4 Å². The van der Waals surface area contributed by atoms with Gasteiger partial charge >= 0.3 is 0 Å². The van der Waals surface area contributed by atoms with Crippen LogP contribution in [0.15, 0.2) is 64.6 Å². The summed E-state index contributed by atoms with van der Waals surface area (Å²) in [5.41, 5.74) is 1.10. The molecule has 0 aliphatic carbocycles. The highest BCUT2D eigenvalue weighted by Gasteiger charge is 2.30. The van der Waals surface area contributed by atoms with E-state index < -0.39 is 0 Å². The van der Waals surface area contributed by atoms with E-state index in [1.54, 1.807) is 17.6 Å². The summed E-state index contributed by atoms with van der Waals surface area (Å²) in [5.74, 6) is 1.63. The van der Waals surface area contributed by atoms with Crippen molar-refractivity contribution < 1.29 is 13.9 Å². The van der Waals surface area contributed by atoms with Gasteiger partial charge in [-0.25, -0.2) is 0 Å². The van der Waals surface area contributed by atoms with Crippen molar-refractivity contribution in [2.24, 2.45) is 5.92 Å². The van der Waals surface area contributed by atoms with Crippen LogP contribution in [0.4, 0.5) is 0 Å². The number of thiophene rings is 1. The number of carbonyl (C=O) groups excluding carboxylic acids is 1. The number of rotatable bonds is 5. The van der Waals surface area contributed by atoms with Crippen LogP contribution in [-0.4, -0.2) is 17.4 Å². The molecule has 0 bridgehead atoms. The molecule has 3 aromatic rings. The van der Waals surface area contributed by atoms with Gasteiger partial charge in [-0.1, -0.05) is 24.3 Å². The van der Waals surface area contributed by atoms with E-state index in [0.29, 0.717) is 26.1 Å². The Kier molecular flexibility index (Phi) is 4.57. The zero-order chi connectivity index (χ0) is 17.1. The normalized spacial score (nSPS) is 16.1. The molecular weight excluding hydrogens is 334 g/mol. The third kappa shape index (κ3) is 3.61. The van der Waals surface area contributed by atoms with Gasteiger partial charge in [0.05, 0.1) is 25.3 Å². The van der Waals surface area contributed by atoms with Gasteiger partial charge in [0.2, 0.25) is 5.91 Å². The molecule has 25 heavy (non-hydrogen) atoms. The van der Waals surface area contributed by atoms with Crippen LogP contribution < -0.4 is 4.74 Å². The third-order valence-corrected chi connectivity index (χ3v) is 5.25. The molecule has 4 nitrogen and oxygen atoms in total. The maximum atomic E-state index is 13.2. The number of benzene rings is 1. The monoisotopic (exact) mass is 353 g/mol. The molecule has 0 N–H and O–H groups in total. The molecular formula is C20H19NO3S. The van der Waals surface area contributed by atoms with E-state index in [0.717, 1.165) is 22.0 Å². The fourth-order valence-electron chi connectivity index (χ4n) is 3.14. The second kappa shape index (κ2) is 7.15. The second-order valence-electron chi connectivity index (χ2n) is 6.17. The standard InChI is InChI=1S/C20H19NO3S/c22-20(16-11-15-5-1-2-8-19(15)24-14-16)21(12-17-6-3-9-23-17)13-18-7-4-10-25-18/h1-10,16H,11-14H2. The highest BCUT2D eigenvalue weighted by atomic mass is 32.1. The third-order valence-electron chi connectivity index (χ3n) is 4.39. The molecule has 1 aliphatic heterocycles. The summed E-state index contributed by atoms with van der Waals surface area (Å²) >= 11 is 1.66. The van der Waals surface area contributed by atoms with Crippen LogP contribution in [0.2, 0.25) is 0 Å². The summed E-state index contributed by atoms with van der Waals surface area (Å²) < 4.78 is 11.3. The van der Waals surface area contributed by atoms with E-state index >= 15 is 0 Å². The summed E-state index contributed by atoms with van der Waals surface area (Å²) in [6.45, 7) is 1.49. The number of ether oxygens (including phenoxy) is 1. The van der Waals surface area contributed by atoms with Crippen LogP contribution in [-0.2, 0) is 24.3 Å². The molecule has 128 valence electrons. The van der Waals surface area contributed by atoms with E-state index in [2.05, 4.69) is 6.07 Å². The van der Waals surface area contributed by atoms with E-state index in [-0.39, 0.29) is 11.8 Å². The lowest BCUT2D eigenvalue weighted by atomic mass is 9.95. The van der Waals surface area contributed by atoms with Gasteiger partial charge in [0.15, 0.2) is 0 Å². The molecule has 1 unspecified atom stereocenters. The Bertz CT molecular complexity index is 790. The van der Waals surface area contributed by atoms with Crippen LogP contribution >= 0.6 is 11.3 Å². The maximum absolute atomic E-state index is 13.2.